The van der Waals surface area contributed by atoms with Crippen LogP contribution in [0.4, 0.5) is 18.9 Å². The molecule has 0 radical (unpaired) electrons. The summed E-state index contributed by atoms with van der Waals surface area (Å²) in [5, 5.41) is 28.9. The Morgan fingerprint density at radius 2 is 1.97 bits per heavy atom. The van der Waals surface area contributed by atoms with Crippen molar-refractivity contribution in [1.29, 1.82) is 0 Å². The molecular weight excluding hydrogens is 471 g/mol. The van der Waals surface area contributed by atoms with E-state index in [0.29, 0.717) is 24.2 Å². The largest absolute Gasteiger partial charge is 0.389 e. The van der Waals surface area contributed by atoms with Crippen molar-refractivity contribution >= 4 is 17.0 Å². The standard InChI is InChI=1S/C22H26F3N5O3S/c1-10(31)11-5-12(23)19(13(24)6-11)22-29-17(9-34-22)21(32)28-16-7-27-30(2)20(16)18-4-3-15(26)14(25)8-33-18/h5-7,9-10,14-15,18,21,28,31-32H,3-4,8,26H2,1-2H3/t10-,14-,15-,18+,21?/m1/s1. The molecule has 12 heteroatoms. The molecular formula is C22H26F3N5O3S. The topological polar surface area (TPSA) is 118 Å². The average Bonchev–Trinajstić information content (AvgIpc) is 3.36. The molecule has 0 saturated carbocycles. The minimum absolute atomic E-state index is 0.0458. The van der Waals surface area contributed by atoms with Crippen LogP contribution in [0.25, 0.3) is 10.6 Å². The summed E-state index contributed by atoms with van der Waals surface area (Å²) in [6.07, 6.45) is -1.65. The number of halogens is 3. The minimum Gasteiger partial charge on any atom is -0.389 e. The molecule has 0 bridgehead atoms. The zero-order chi connectivity index (χ0) is 24.6. The van der Waals surface area contributed by atoms with Gasteiger partial charge in [0, 0.05) is 18.5 Å². The van der Waals surface area contributed by atoms with E-state index < -0.39 is 42.3 Å². The molecule has 5 N–H and O–H groups in total. The van der Waals surface area contributed by atoms with Crippen LogP contribution >= 0.6 is 11.3 Å². The highest BCUT2D eigenvalue weighted by Crippen LogP contribution is 2.35. The molecule has 8 nitrogen and oxygen atoms in total. The predicted octanol–water partition coefficient (Wildman–Crippen LogP) is 3.50. The van der Waals surface area contributed by atoms with E-state index in [0.717, 1.165) is 23.5 Å². The third-order valence-corrected chi connectivity index (χ3v) is 6.71. The summed E-state index contributed by atoms with van der Waals surface area (Å²) in [6, 6.07) is 1.51. The van der Waals surface area contributed by atoms with Gasteiger partial charge >= 0.3 is 0 Å². The summed E-state index contributed by atoms with van der Waals surface area (Å²) < 4.78 is 50.3. The Labute approximate surface area is 198 Å². The van der Waals surface area contributed by atoms with Gasteiger partial charge in [-0.15, -0.1) is 11.3 Å². The fourth-order valence-electron chi connectivity index (χ4n) is 3.88. The molecule has 0 amide bonds. The van der Waals surface area contributed by atoms with E-state index in [1.54, 1.807) is 11.7 Å². The van der Waals surface area contributed by atoms with Crippen LogP contribution in [0.5, 0.6) is 0 Å². The Bertz CT molecular complexity index is 1120. The van der Waals surface area contributed by atoms with Crippen LogP contribution in [-0.4, -0.2) is 43.8 Å². The Morgan fingerprint density at radius 3 is 2.65 bits per heavy atom. The molecule has 184 valence electrons. The van der Waals surface area contributed by atoms with Gasteiger partial charge in [0.15, 0.2) is 6.23 Å². The van der Waals surface area contributed by atoms with Crippen LogP contribution < -0.4 is 11.1 Å². The van der Waals surface area contributed by atoms with Gasteiger partial charge in [0.2, 0.25) is 0 Å². The average molecular weight is 498 g/mol. The summed E-state index contributed by atoms with van der Waals surface area (Å²) in [5.41, 5.74) is 6.82. The van der Waals surface area contributed by atoms with E-state index in [9.17, 15) is 23.4 Å². The molecule has 34 heavy (non-hydrogen) atoms. The molecule has 5 atom stereocenters. The van der Waals surface area contributed by atoms with Gasteiger partial charge in [0.1, 0.15) is 34.6 Å². The highest BCUT2D eigenvalue weighted by Gasteiger charge is 2.30. The molecule has 1 unspecified atom stereocenters. The molecule has 0 aliphatic carbocycles. The van der Waals surface area contributed by atoms with E-state index in [1.165, 1.54) is 18.5 Å². The Morgan fingerprint density at radius 1 is 1.26 bits per heavy atom. The van der Waals surface area contributed by atoms with Gasteiger partial charge in [-0.3, -0.25) is 4.68 Å². The number of hydrogen-bond donors (Lipinski definition) is 4. The molecule has 1 fully saturated rings. The monoisotopic (exact) mass is 497 g/mol. The van der Waals surface area contributed by atoms with Crippen LogP contribution in [0.3, 0.4) is 0 Å². The van der Waals surface area contributed by atoms with Crippen molar-refractivity contribution in [3.63, 3.8) is 0 Å². The Hall–Kier alpha value is -2.51. The van der Waals surface area contributed by atoms with E-state index >= 15 is 0 Å². The van der Waals surface area contributed by atoms with E-state index in [2.05, 4.69) is 15.4 Å². The van der Waals surface area contributed by atoms with Crippen LogP contribution in [0.1, 0.15) is 55.2 Å². The van der Waals surface area contributed by atoms with Crippen LogP contribution in [0, 0.1) is 11.6 Å². The van der Waals surface area contributed by atoms with Gasteiger partial charge < -0.3 is 26.0 Å². The third-order valence-electron chi connectivity index (χ3n) is 5.83. The fraction of sp³-hybridized carbons (Fsp3) is 0.455. The number of hydrogen-bond acceptors (Lipinski definition) is 8. The van der Waals surface area contributed by atoms with E-state index in [1.807, 2.05) is 0 Å². The zero-order valence-electron chi connectivity index (χ0n) is 18.6. The first kappa shape index (κ1) is 24.6. The Balaban J connectivity index is 1.54. The molecule has 1 saturated heterocycles. The number of alkyl halides is 1. The van der Waals surface area contributed by atoms with Gasteiger partial charge in [-0.25, -0.2) is 18.2 Å². The van der Waals surface area contributed by atoms with Crippen molar-refractivity contribution < 1.29 is 28.1 Å². The number of aliphatic hydroxyl groups is 2. The summed E-state index contributed by atoms with van der Waals surface area (Å²) in [5.74, 6) is -1.72. The maximum atomic E-state index is 14.5. The second-order valence-corrected chi connectivity index (χ2v) is 9.16. The molecule has 3 aromatic rings. The second-order valence-electron chi connectivity index (χ2n) is 8.31. The molecule has 1 aromatic carbocycles. The summed E-state index contributed by atoms with van der Waals surface area (Å²) in [7, 11) is 1.71. The SMILES string of the molecule is C[C@@H](O)c1cc(F)c(-c2nc(C(O)Nc3cnn(C)c3[C@@H]3CC[C@@H](N)[C@H](F)CO3)cs2)c(F)c1. The first-order chi connectivity index (χ1) is 16.2. The first-order valence-corrected chi connectivity index (χ1v) is 11.6. The fourth-order valence-corrected chi connectivity index (χ4v) is 4.77. The van der Waals surface area contributed by atoms with Crippen molar-refractivity contribution in [1.82, 2.24) is 14.8 Å². The predicted molar refractivity (Wildman–Crippen MR) is 121 cm³/mol. The van der Waals surface area contributed by atoms with Crippen molar-refractivity contribution in [3.8, 4) is 10.6 Å². The minimum atomic E-state index is -1.31. The number of aryl methyl sites for hydroxylation is 1. The number of aliphatic hydroxyl groups excluding tert-OH is 2. The number of rotatable bonds is 6. The maximum absolute atomic E-state index is 14.5. The summed E-state index contributed by atoms with van der Waals surface area (Å²) in [6.45, 7) is 1.27. The van der Waals surface area contributed by atoms with E-state index in [-0.39, 0.29) is 28.4 Å². The zero-order valence-corrected chi connectivity index (χ0v) is 19.4. The van der Waals surface area contributed by atoms with Crippen LogP contribution in [0.15, 0.2) is 23.7 Å². The van der Waals surface area contributed by atoms with Crippen molar-refractivity contribution in [2.75, 3.05) is 11.9 Å². The third kappa shape index (κ3) is 4.96. The Kier molecular flexibility index (Phi) is 7.24. The quantitative estimate of drug-likeness (QED) is 0.385. The van der Waals surface area contributed by atoms with Gasteiger partial charge in [-0.05, 0) is 37.5 Å². The van der Waals surface area contributed by atoms with Crippen molar-refractivity contribution in [2.45, 2.75) is 50.4 Å². The lowest BCUT2D eigenvalue weighted by Gasteiger charge is -2.19. The van der Waals surface area contributed by atoms with Gasteiger partial charge in [-0.1, -0.05) is 0 Å². The summed E-state index contributed by atoms with van der Waals surface area (Å²) in [4.78, 5) is 4.20. The number of aromatic nitrogens is 3. The number of nitrogens with zero attached hydrogens (tertiary/aromatic N) is 3. The lowest BCUT2D eigenvalue weighted by molar-refractivity contribution is 0.0246. The lowest BCUT2D eigenvalue weighted by Crippen LogP contribution is -2.32. The maximum Gasteiger partial charge on any atom is 0.169 e. The number of ether oxygens (including phenoxy) is 1. The number of benzene rings is 1. The molecule has 0 spiro atoms. The lowest BCUT2D eigenvalue weighted by atomic mass is 10.0. The highest BCUT2D eigenvalue weighted by molar-refractivity contribution is 7.13. The number of nitrogens with two attached hydrogens (primary N) is 1. The first-order valence-electron chi connectivity index (χ1n) is 10.8. The normalized spacial score (nSPS) is 22.9. The van der Waals surface area contributed by atoms with Crippen LogP contribution in [0.2, 0.25) is 0 Å². The van der Waals surface area contributed by atoms with E-state index in [4.69, 9.17) is 10.5 Å². The van der Waals surface area contributed by atoms with Gasteiger partial charge in [0.25, 0.3) is 0 Å². The van der Waals surface area contributed by atoms with Crippen molar-refractivity contribution in [2.24, 2.45) is 12.8 Å². The molecule has 1 aliphatic heterocycles. The van der Waals surface area contributed by atoms with Gasteiger partial charge in [0.05, 0.1) is 35.9 Å². The van der Waals surface area contributed by atoms with Gasteiger partial charge in [-0.2, -0.15) is 5.10 Å². The molecule has 2 aromatic heterocycles. The number of anilines is 1. The number of nitrogens with one attached hydrogen (secondary N) is 1. The van der Waals surface area contributed by atoms with Crippen molar-refractivity contribution in [3.05, 3.63) is 52.3 Å². The molecule has 4 rings (SSSR count). The highest BCUT2D eigenvalue weighted by atomic mass is 32.1. The van der Waals surface area contributed by atoms with Crippen LogP contribution in [-0.2, 0) is 11.8 Å². The number of thiazole rings is 1. The smallest absolute Gasteiger partial charge is 0.169 e. The second kappa shape index (κ2) is 10.0. The molecule has 1 aliphatic rings. The molecule has 3 heterocycles. The summed E-state index contributed by atoms with van der Waals surface area (Å²) >= 11 is 0.970.